The molecule has 1 amide bonds. The molecule has 0 saturated heterocycles. The summed E-state index contributed by atoms with van der Waals surface area (Å²) < 4.78 is 13.8. The van der Waals surface area contributed by atoms with Gasteiger partial charge in [-0.05, 0) is 77.3 Å². The summed E-state index contributed by atoms with van der Waals surface area (Å²) in [5.74, 6) is 1.29. The lowest BCUT2D eigenvalue weighted by atomic mass is 10.0. The molecule has 4 rings (SSSR count). The Morgan fingerprint density at radius 1 is 0.969 bits per heavy atom. The molecule has 6 heteroatoms. The van der Waals surface area contributed by atoms with Crippen molar-refractivity contribution in [3.63, 3.8) is 0 Å². The molecule has 0 N–H and O–H groups in total. The predicted molar refractivity (Wildman–Crippen MR) is 136 cm³/mol. The number of hydrogen-bond acceptors (Lipinski definition) is 3. The van der Waals surface area contributed by atoms with E-state index in [4.69, 9.17) is 9.47 Å². The van der Waals surface area contributed by atoms with Crippen LogP contribution in [-0.4, -0.2) is 19.1 Å². The SMILES string of the molecule is CCOc1cc(/C=C2\C(=O)N(CC)c3ccccc32)cc(Br)c1OCc1ccc(Br)cc1. The maximum Gasteiger partial charge on any atom is 0.258 e. The summed E-state index contributed by atoms with van der Waals surface area (Å²) in [6, 6.07) is 19.8. The number of para-hydroxylation sites is 1. The Bertz CT molecular complexity index is 1170. The highest BCUT2D eigenvalue weighted by Crippen LogP contribution is 2.41. The predicted octanol–water partition coefficient (Wildman–Crippen LogP) is 7.10. The van der Waals surface area contributed by atoms with Gasteiger partial charge in [-0.15, -0.1) is 0 Å². The molecule has 0 atom stereocenters. The van der Waals surface area contributed by atoms with Crippen LogP contribution in [0.4, 0.5) is 5.69 Å². The number of amides is 1. The Hall–Kier alpha value is -2.57. The fourth-order valence-corrected chi connectivity index (χ4v) is 4.58. The van der Waals surface area contributed by atoms with Gasteiger partial charge >= 0.3 is 0 Å². The molecule has 0 radical (unpaired) electrons. The van der Waals surface area contributed by atoms with Gasteiger partial charge < -0.3 is 14.4 Å². The molecule has 0 aliphatic carbocycles. The van der Waals surface area contributed by atoms with E-state index in [1.54, 1.807) is 4.90 Å². The van der Waals surface area contributed by atoms with Crippen LogP contribution in [0.15, 0.2) is 69.6 Å². The van der Waals surface area contributed by atoms with E-state index in [0.29, 0.717) is 36.8 Å². The van der Waals surface area contributed by atoms with Crippen LogP contribution in [0.3, 0.4) is 0 Å². The number of benzene rings is 3. The summed E-state index contributed by atoms with van der Waals surface area (Å²) in [7, 11) is 0. The van der Waals surface area contributed by atoms with E-state index in [-0.39, 0.29) is 5.91 Å². The van der Waals surface area contributed by atoms with Gasteiger partial charge in [0.15, 0.2) is 11.5 Å². The van der Waals surface area contributed by atoms with E-state index < -0.39 is 0 Å². The maximum absolute atomic E-state index is 13.0. The molecular weight excluding hydrogens is 534 g/mol. The van der Waals surface area contributed by atoms with E-state index in [1.807, 2.05) is 80.6 Å². The Balaban J connectivity index is 1.67. The number of carbonyl (C=O) groups excluding carboxylic acids is 1. The average Bonchev–Trinajstić information content (AvgIpc) is 3.05. The molecular formula is C26H23Br2NO3. The van der Waals surface area contributed by atoms with Crippen molar-refractivity contribution < 1.29 is 14.3 Å². The van der Waals surface area contributed by atoms with Gasteiger partial charge in [0.1, 0.15) is 6.61 Å². The first-order valence-electron chi connectivity index (χ1n) is 10.5. The Kier molecular flexibility index (Phi) is 7.01. The minimum Gasteiger partial charge on any atom is -0.490 e. The average molecular weight is 557 g/mol. The first-order chi connectivity index (χ1) is 15.5. The molecule has 32 heavy (non-hydrogen) atoms. The number of halogens is 2. The van der Waals surface area contributed by atoms with Crippen LogP contribution in [0.5, 0.6) is 11.5 Å². The van der Waals surface area contributed by atoms with E-state index in [1.165, 1.54) is 0 Å². The van der Waals surface area contributed by atoms with Crippen molar-refractivity contribution in [2.24, 2.45) is 0 Å². The van der Waals surface area contributed by atoms with E-state index in [9.17, 15) is 4.79 Å². The van der Waals surface area contributed by atoms with Crippen molar-refractivity contribution in [1.82, 2.24) is 0 Å². The standard InChI is InChI=1S/C26H23Br2NO3/c1-3-29-23-8-6-5-7-20(23)21(26(29)30)13-18-14-22(28)25(24(15-18)31-4-2)32-16-17-9-11-19(27)12-10-17/h5-15H,3-4,16H2,1-2H3/b21-13-. The first-order valence-corrected chi connectivity index (χ1v) is 12.1. The molecule has 0 fully saturated rings. The van der Waals surface area contributed by atoms with Gasteiger partial charge in [-0.1, -0.05) is 46.3 Å². The normalized spacial score (nSPS) is 14.1. The van der Waals surface area contributed by atoms with Crippen molar-refractivity contribution in [2.45, 2.75) is 20.5 Å². The lowest BCUT2D eigenvalue weighted by Crippen LogP contribution is -2.25. The molecule has 0 spiro atoms. The minimum absolute atomic E-state index is 0.0124. The van der Waals surface area contributed by atoms with Gasteiger partial charge in [0.2, 0.25) is 0 Å². The highest BCUT2D eigenvalue weighted by atomic mass is 79.9. The second-order valence-electron chi connectivity index (χ2n) is 7.30. The number of carbonyl (C=O) groups is 1. The summed E-state index contributed by atoms with van der Waals surface area (Å²) in [5, 5.41) is 0. The second-order valence-corrected chi connectivity index (χ2v) is 9.07. The lowest BCUT2D eigenvalue weighted by Gasteiger charge is -2.15. The second kappa shape index (κ2) is 9.92. The maximum atomic E-state index is 13.0. The monoisotopic (exact) mass is 555 g/mol. The minimum atomic E-state index is 0.0124. The van der Waals surface area contributed by atoms with Crippen LogP contribution in [0.25, 0.3) is 11.6 Å². The van der Waals surface area contributed by atoms with Gasteiger partial charge in [-0.2, -0.15) is 0 Å². The van der Waals surface area contributed by atoms with Crippen molar-refractivity contribution in [2.75, 3.05) is 18.1 Å². The summed E-state index contributed by atoms with van der Waals surface area (Å²) in [6.07, 6.45) is 1.92. The zero-order chi connectivity index (χ0) is 22.7. The zero-order valence-corrected chi connectivity index (χ0v) is 21.1. The molecule has 3 aromatic carbocycles. The number of likely N-dealkylation sites (N-methyl/N-ethyl adjacent to an activating group) is 1. The van der Waals surface area contributed by atoms with Crippen LogP contribution in [-0.2, 0) is 11.4 Å². The molecule has 0 saturated carbocycles. The lowest BCUT2D eigenvalue weighted by molar-refractivity contribution is -0.112. The summed E-state index contributed by atoms with van der Waals surface area (Å²) in [6.45, 7) is 5.48. The summed E-state index contributed by atoms with van der Waals surface area (Å²) >= 11 is 7.09. The third-order valence-corrected chi connectivity index (χ3v) is 6.33. The number of nitrogens with zero attached hydrogens (tertiary/aromatic N) is 1. The third-order valence-electron chi connectivity index (χ3n) is 5.22. The molecule has 0 bridgehead atoms. The Morgan fingerprint density at radius 3 is 2.44 bits per heavy atom. The highest BCUT2D eigenvalue weighted by Gasteiger charge is 2.30. The van der Waals surface area contributed by atoms with Gasteiger partial charge in [0, 0.05) is 22.2 Å². The Labute approximate surface area is 205 Å². The fourth-order valence-electron chi connectivity index (χ4n) is 3.74. The number of rotatable bonds is 7. The quantitative estimate of drug-likeness (QED) is 0.291. The molecule has 164 valence electrons. The first kappa shape index (κ1) is 22.6. The number of hydrogen-bond donors (Lipinski definition) is 0. The van der Waals surface area contributed by atoms with Gasteiger partial charge in [0.05, 0.1) is 16.8 Å². The van der Waals surface area contributed by atoms with E-state index in [0.717, 1.165) is 31.3 Å². The van der Waals surface area contributed by atoms with Gasteiger partial charge in [-0.25, -0.2) is 0 Å². The van der Waals surface area contributed by atoms with Crippen molar-refractivity contribution >= 4 is 55.1 Å². The molecule has 0 unspecified atom stereocenters. The Morgan fingerprint density at radius 2 is 1.72 bits per heavy atom. The summed E-state index contributed by atoms with van der Waals surface area (Å²) in [5.41, 5.74) is 4.50. The highest BCUT2D eigenvalue weighted by molar-refractivity contribution is 9.10. The van der Waals surface area contributed by atoms with Crippen LogP contribution in [0, 0.1) is 0 Å². The number of ether oxygens (including phenoxy) is 2. The zero-order valence-electron chi connectivity index (χ0n) is 17.9. The number of anilines is 1. The largest absolute Gasteiger partial charge is 0.490 e. The molecule has 4 nitrogen and oxygen atoms in total. The smallest absolute Gasteiger partial charge is 0.258 e. The van der Waals surface area contributed by atoms with Crippen LogP contribution >= 0.6 is 31.9 Å². The molecule has 1 heterocycles. The fraction of sp³-hybridized carbons (Fsp3) is 0.192. The van der Waals surface area contributed by atoms with Crippen LogP contribution in [0.2, 0.25) is 0 Å². The van der Waals surface area contributed by atoms with Crippen LogP contribution in [0.1, 0.15) is 30.5 Å². The van der Waals surface area contributed by atoms with Crippen molar-refractivity contribution in [3.05, 3.63) is 86.3 Å². The van der Waals surface area contributed by atoms with Crippen LogP contribution < -0.4 is 14.4 Å². The van der Waals surface area contributed by atoms with Crippen molar-refractivity contribution in [1.29, 1.82) is 0 Å². The number of fused-ring (bicyclic) bond motifs is 1. The van der Waals surface area contributed by atoms with E-state index in [2.05, 4.69) is 31.9 Å². The topological polar surface area (TPSA) is 38.8 Å². The summed E-state index contributed by atoms with van der Waals surface area (Å²) in [4.78, 5) is 14.8. The molecule has 1 aliphatic rings. The van der Waals surface area contributed by atoms with Gasteiger partial charge in [-0.3, -0.25) is 4.79 Å². The molecule has 0 aromatic heterocycles. The third kappa shape index (κ3) is 4.62. The molecule has 3 aromatic rings. The molecule has 1 aliphatic heterocycles. The van der Waals surface area contributed by atoms with E-state index >= 15 is 0 Å². The van der Waals surface area contributed by atoms with Gasteiger partial charge in [0.25, 0.3) is 5.91 Å². The van der Waals surface area contributed by atoms with Crippen molar-refractivity contribution in [3.8, 4) is 11.5 Å².